The van der Waals surface area contributed by atoms with Crippen molar-refractivity contribution in [2.45, 2.75) is 103 Å². The van der Waals surface area contributed by atoms with Crippen LogP contribution in [-0.2, 0) is 43.6 Å². The molecule has 4 aromatic carbocycles. The molecule has 1 aliphatic carbocycles. The van der Waals surface area contributed by atoms with E-state index in [-0.39, 0.29) is 44.3 Å². The fourth-order valence-corrected chi connectivity index (χ4v) is 9.88. The van der Waals surface area contributed by atoms with Crippen molar-refractivity contribution < 1.29 is 33.7 Å². The number of amides is 3. The van der Waals surface area contributed by atoms with Gasteiger partial charge in [-0.05, 0) is 63.5 Å². The Morgan fingerprint density at radius 3 is 2.33 bits per heavy atom. The first-order valence-electron chi connectivity index (χ1n) is 20.2. The van der Waals surface area contributed by atoms with Gasteiger partial charge in [0.05, 0.1) is 31.8 Å². The zero-order valence-electron chi connectivity index (χ0n) is 33.1. The van der Waals surface area contributed by atoms with Crippen LogP contribution in [0.2, 0.25) is 0 Å². The highest BCUT2D eigenvalue weighted by atomic mass is 16.7. The van der Waals surface area contributed by atoms with Gasteiger partial charge in [0, 0.05) is 31.1 Å². The summed E-state index contributed by atoms with van der Waals surface area (Å²) >= 11 is 0. The molecule has 8 rings (SSSR count). The molecule has 2 N–H and O–H groups in total. The summed E-state index contributed by atoms with van der Waals surface area (Å²) in [5.74, 6) is -0.811. The molecule has 3 heterocycles. The van der Waals surface area contributed by atoms with Gasteiger partial charge < -0.3 is 24.6 Å². The number of imide groups is 1. The normalized spacial score (nSPS) is 27.1. The van der Waals surface area contributed by atoms with Crippen molar-refractivity contribution in [2.24, 2.45) is 10.8 Å². The third-order valence-electron chi connectivity index (χ3n) is 12.2. The number of rotatable bonds is 11. The molecule has 1 saturated carbocycles. The van der Waals surface area contributed by atoms with Gasteiger partial charge in [0.25, 0.3) is 5.91 Å². The molecule has 57 heavy (non-hydrogen) atoms. The number of ether oxygens (including phenoxy) is 3. The fraction of sp³-hybridized carbons (Fsp3) is 0.426. The number of carbonyl (C=O) groups excluding carboxylic acids is 3. The maximum absolute atomic E-state index is 13.4. The van der Waals surface area contributed by atoms with Crippen molar-refractivity contribution in [1.29, 1.82) is 0 Å². The summed E-state index contributed by atoms with van der Waals surface area (Å²) in [6.07, 6.45) is 2.77. The molecule has 2 bridgehead atoms. The van der Waals surface area contributed by atoms with Crippen LogP contribution in [0.1, 0.15) is 93.1 Å². The summed E-state index contributed by atoms with van der Waals surface area (Å²) in [6.45, 7) is 9.33. The van der Waals surface area contributed by atoms with E-state index in [1.165, 1.54) is 24.2 Å². The smallest absolute Gasteiger partial charge is 0.408 e. The van der Waals surface area contributed by atoms with Gasteiger partial charge in [0.1, 0.15) is 12.6 Å². The van der Waals surface area contributed by atoms with Crippen LogP contribution in [-0.4, -0.2) is 64.1 Å². The van der Waals surface area contributed by atoms with E-state index in [0.29, 0.717) is 16.9 Å². The highest BCUT2D eigenvalue weighted by molar-refractivity contribution is 6.06. The molecule has 3 unspecified atom stereocenters. The average molecular weight is 772 g/mol. The van der Waals surface area contributed by atoms with Gasteiger partial charge >= 0.3 is 6.09 Å². The van der Waals surface area contributed by atoms with Crippen LogP contribution in [0.3, 0.4) is 0 Å². The van der Waals surface area contributed by atoms with Crippen LogP contribution in [0.15, 0.2) is 103 Å². The molecule has 4 aromatic rings. The molecular weight excluding hydrogens is 719 g/mol. The number of nitrogens with one attached hydrogen (secondary N) is 1. The van der Waals surface area contributed by atoms with Crippen LogP contribution in [0.25, 0.3) is 11.1 Å². The van der Waals surface area contributed by atoms with Crippen LogP contribution < -0.4 is 5.32 Å². The number of hydrogen-bond donors (Lipinski definition) is 2. The van der Waals surface area contributed by atoms with Crippen molar-refractivity contribution in [1.82, 2.24) is 15.1 Å². The van der Waals surface area contributed by atoms with Gasteiger partial charge in [-0.1, -0.05) is 124 Å². The topological polar surface area (TPSA) is 118 Å². The van der Waals surface area contributed by atoms with E-state index in [9.17, 15) is 19.5 Å². The number of fused-ring (bicyclic) bond motifs is 2. The minimum atomic E-state index is -0.983. The molecule has 3 saturated heterocycles. The van der Waals surface area contributed by atoms with Crippen molar-refractivity contribution in [2.75, 3.05) is 13.1 Å². The minimum Gasteiger partial charge on any atom is -0.445 e. The van der Waals surface area contributed by atoms with Crippen LogP contribution in [0, 0.1) is 10.8 Å². The number of benzene rings is 4. The first-order chi connectivity index (χ1) is 27.4. The van der Waals surface area contributed by atoms with Crippen LogP contribution >= 0.6 is 0 Å². The van der Waals surface area contributed by atoms with E-state index in [1.54, 1.807) is 0 Å². The van der Waals surface area contributed by atoms with Crippen LogP contribution in [0.4, 0.5) is 4.79 Å². The Morgan fingerprint density at radius 2 is 1.58 bits per heavy atom. The van der Waals surface area contributed by atoms with Crippen molar-refractivity contribution in [3.05, 3.63) is 131 Å². The van der Waals surface area contributed by atoms with Gasteiger partial charge in [0.15, 0.2) is 6.29 Å². The van der Waals surface area contributed by atoms with Crippen molar-refractivity contribution in [3.63, 3.8) is 0 Å². The third kappa shape index (κ3) is 8.84. The third-order valence-corrected chi connectivity index (χ3v) is 12.2. The first-order valence-corrected chi connectivity index (χ1v) is 20.2. The Labute approximate surface area is 335 Å². The summed E-state index contributed by atoms with van der Waals surface area (Å²) in [4.78, 5) is 42.9. The quantitative estimate of drug-likeness (QED) is 0.148. The van der Waals surface area contributed by atoms with Crippen molar-refractivity contribution in [3.8, 4) is 11.1 Å². The molecule has 6 atom stereocenters. The summed E-state index contributed by atoms with van der Waals surface area (Å²) in [7, 11) is 0. The molecule has 0 aromatic heterocycles. The number of nitrogens with zero attached hydrogens (tertiary/aromatic N) is 2. The standard InChI is InChI=1S/C47H53N3O7/c1-46(2)23-37-24-47(3,29-46)30-49(37)26-38-21-41(34-15-13-31(27-51)14-16-34)57-44(56-38)35-19-17-33(18-20-35)39-12-8-7-11-36(39)25-50-42(52)22-40(43(50)53)48-45(54)55-28-32-9-5-4-6-10-32/h4-20,37-38,40-41,44,51H,21-30H2,1-3H3,(H,48,54)/t37?,38-,40?,41+,44+,47?/m0/s1. The molecule has 10 nitrogen and oxygen atoms in total. The second kappa shape index (κ2) is 16.2. The molecular formula is C47H53N3O7. The largest absolute Gasteiger partial charge is 0.445 e. The number of hydrogen-bond acceptors (Lipinski definition) is 8. The van der Waals surface area contributed by atoms with E-state index >= 15 is 0 Å². The fourth-order valence-electron chi connectivity index (χ4n) is 9.88. The lowest BCUT2D eigenvalue weighted by Gasteiger charge is -2.41. The molecule has 0 spiro atoms. The summed E-state index contributed by atoms with van der Waals surface area (Å²) in [6, 6.07) is 32.7. The summed E-state index contributed by atoms with van der Waals surface area (Å²) < 4.78 is 18.8. The average Bonchev–Trinajstić information content (AvgIpc) is 3.61. The monoisotopic (exact) mass is 771 g/mol. The highest BCUT2D eigenvalue weighted by Gasteiger charge is 2.50. The van der Waals surface area contributed by atoms with E-state index in [4.69, 9.17) is 14.2 Å². The number of carbonyl (C=O) groups is 3. The van der Waals surface area contributed by atoms with E-state index in [2.05, 4.69) is 31.0 Å². The Hall–Kier alpha value is -4.87. The van der Waals surface area contributed by atoms with E-state index < -0.39 is 24.3 Å². The van der Waals surface area contributed by atoms with Gasteiger partial charge in [-0.15, -0.1) is 0 Å². The SMILES string of the molecule is CC1(C)CC2CC(C)(CN2C[C@@H]2C[C@H](c3ccc(CO)cc3)O[C@H](c3ccc(-c4ccccc4CN4C(=O)CC(NC(=O)OCc5ccccc5)C4=O)cc3)O2)C1. The zero-order chi connectivity index (χ0) is 39.7. The highest BCUT2D eigenvalue weighted by Crippen LogP contribution is 2.53. The lowest BCUT2D eigenvalue weighted by Crippen LogP contribution is -2.42. The zero-order valence-corrected chi connectivity index (χ0v) is 33.1. The molecule has 10 heteroatoms. The number of alkyl carbamates (subject to hydrolysis) is 1. The molecule has 0 radical (unpaired) electrons. The number of aliphatic hydroxyl groups is 1. The molecule has 4 aliphatic rings. The van der Waals surface area contributed by atoms with E-state index in [1.807, 2.05) is 103 Å². The molecule has 4 fully saturated rings. The van der Waals surface area contributed by atoms with Gasteiger partial charge in [0.2, 0.25) is 5.91 Å². The van der Waals surface area contributed by atoms with Crippen molar-refractivity contribution >= 4 is 17.9 Å². The van der Waals surface area contributed by atoms with Crippen LogP contribution in [0.5, 0.6) is 0 Å². The van der Waals surface area contributed by atoms with E-state index in [0.717, 1.165) is 58.5 Å². The number of aliphatic hydroxyl groups excluding tert-OH is 1. The predicted octanol–water partition coefficient (Wildman–Crippen LogP) is 7.85. The second-order valence-electron chi connectivity index (χ2n) is 17.6. The Bertz CT molecular complexity index is 2070. The summed E-state index contributed by atoms with van der Waals surface area (Å²) in [5.41, 5.74) is 6.95. The predicted molar refractivity (Wildman–Crippen MR) is 215 cm³/mol. The Morgan fingerprint density at radius 1 is 0.860 bits per heavy atom. The lowest BCUT2D eigenvalue weighted by atomic mass is 9.65. The maximum Gasteiger partial charge on any atom is 0.408 e. The van der Waals surface area contributed by atoms with Gasteiger partial charge in [-0.3, -0.25) is 19.4 Å². The lowest BCUT2D eigenvalue weighted by molar-refractivity contribution is -0.253. The summed E-state index contributed by atoms with van der Waals surface area (Å²) in [5, 5.41) is 12.2. The Kier molecular flexibility index (Phi) is 11.1. The second-order valence-corrected chi connectivity index (χ2v) is 17.6. The first kappa shape index (κ1) is 39.0. The van der Waals surface area contributed by atoms with Gasteiger partial charge in [-0.2, -0.15) is 0 Å². The Balaban J connectivity index is 0.959. The molecule has 298 valence electrons. The minimum absolute atomic E-state index is 0.00447. The number of likely N-dealkylation sites (tertiary alicyclic amines) is 2. The molecule has 3 amide bonds. The molecule has 3 aliphatic heterocycles. The van der Waals surface area contributed by atoms with Gasteiger partial charge in [-0.25, -0.2) is 4.79 Å². The maximum atomic E-state index is 13.4.